The quantitative estimate of drug-likeness (QED) is 0.876. The van der Waals surface area contributed by atoms with Crippen LogP contribution in [-0.2, 0) is 4.79 Å². The molecule has 2 atom stereocenters. The molecule has 0 spiro atoms. The first-order valence-electron chi connectivity index (χ1n) is 7.01. The van der Waals surface area contributed by atoms with Crippen LogP contribution in [0.25, 0.3) is 0 Å². The van der Waals surface area contributed by atoms with E-state index in [-0.39, 0.29) is 18.3 Å². The van der Waals surface area contributed by atoms with Crippen molar-refractivity contribution in [3.05, 3.63) is 35.4 Å². The summed E-state index contributed by atoms with van der Waals surface area (Å²) in [5, 5.41) is 6.02. The molecule has 6 heteroatoms. The number of benzene rings is 1. The lowest BCUT2D eigenvalue weighted by atomic mass is 10.0. The maximum absolute atomic E-state index is 13.6. The Morgan fingerprint density at radius 3 is 2.86 bits per heavy atom. The molecular weight excluding hydrogens is 298 g/mol. The summed E-state index contributed by atoms with van der Waals surface area (Å²) in [7, 11) is 0. The van der Waals surface area contributed by atoms with Crippen LogP contribution in [0, 0.1) is 17.6 Å². The summed E-state index contributed by atoms with van der Waals surface area (Å²) in [4.78, 5) is 11.8. The molecule has 1 aromatic carbocycles. The molecule has 1 aliphatic heterocycles. The Hall–Kier alpha value is -1.20. The van der Waals surface area contributed by atoms with Crippen molar-refractivity contribution in [2.75, 3.05) is 13.1 Å². The Balaban J connectivity index is 0.00000220. The van der Waals surface area contributed by atoms with E-state index in [1.54, 1.807) is 6.92 Å². The minimum Gasteiger partial charge on any atom is -0.349 e. The summed E-state index contributed by atoms with van der Waals surface area (Å²) in [6.07, 6.45) is 2.40. The molecule has 2 rings (SSSR count). The highest BCUT2D eigenvalue weighted by Gasteiger charge is 2.18. The van der Waals surface area contributed by atoms with Gasteiger partial charge in [0.1, 0.15) is 11.6 Å². The molecule has 21 heavy (non-hydrogen) atoms. The summed E-state index contributed by atoms with van der Waals surface area (Å²) >= 11 is 0. The number of hydrogen-bond acceptors (Lipinski definition) is 2. The average molecular weight is 319 g/mol. The number of halogens is 3. The number of amides is 1. The van der Waals surface area contributed by atoms with Crippen molar-refractivity contribution in [2.24, 2.45) is 5.92 Å². The van der Waals surface area contributed by atoms with Crippen LogP contribution in [0.4, 0.5) is 8.78 Å². The van der Waals surface area contributed by atoms with Crippen LogP contribution in [-0.4, -0.2) is 19.0 Å². The van der Waals surface area contributed by atoms with E-state index in [0.29, 0.717) is 17.9 Å². The van der Waals surface area contributed by atoms with Crippen LogP contribution in [0.3, 0.4) is 0 Å². The van der Waals surface area contributed by atoms with Crippen LogP contribution in [0.15, 0.2) is 18.2 Å². The summed E-state index contributed by atoms with van der Waals surface area (Å²) in [5.74, 6) is -0.775. The topological polar surface area (TPSA) is 41.1 Å². The highest BCUT2D eigenvalue weighted by Crippen LogP contribution is 2.19. The molecule has 2 unspecified atom stereocenters. The normalized spacial score (nSPS) is 18.9. The zero-order chi connectivity index (χ0) is 14.5. The van der Waals surface area contributed by atoms with E-state index in [1.807, 2.05) is 0 Å². The van der Waals surface area contributed by atoms with Gasteiger partial charge in [-0.25, -0.2) is 8.78 Å². The van der Waals surface area contributed by atoms with Crippen molar-refractivity contribution in [3.63, 3.8) is 0 Å². The molecular formula is C15H21ClF2N2O. The highest BCUT2D eigenvalue weighted by molar-refractivity contribution is 5.85. The molecule has 0 saturated carbocycles. The smallest absolute Gasteiger partial charge is 0.220 e. The first-order valence-corrected chi connectivity index (χ1v) is 7.01. The van der Waals surface area contributed by atoms with E-state index in [1.165, 1.54) is 12.1 Å². The van der Waals surface area contributed by atoms with Gasteiger partial charge >= 0.3 is 0 Å². The molecule has 0 radical (unpaired) electrons. The van der Waals surface area contributed by atoms with Gasteiger partial charge in [0, 0.05) is 18.1 Å². The van der Waals surface area contributed by atoms with Gasteiger partial charge in [0.2, 0.25) is 5.91 Å². The number of nitrogens with one attached hydrogen (secondary N) is 2. The van der Waals surface area contributed by atoms with E-state index < -0.39 is 17.7 Å². The molecule has 3 nitrogen and oxygen atoms in total. The SMILES string of the molecule is CC(NC(=O)CCC1CCNC1)c1ccc(F)cc1F.Cl. The van der Waals surface area contributed by atoms with E-state index in [2.05, 4.69) is 10.6 Å². The molecule has 1 aliphatic rings. The van der Waals surface area contributed by atoms with Gasteiger partial charge in [-0.2, -0.15) is 0 Å². The monoisotopic (exact) mass is 318 g/mol. The van der Waals surface area contributed by atoms with Gasteiger partial charge in [0.25, 0.3) is 0 Å². The lowest BCUT2D eigenvalue weighted by Crippen LogP contribution is -2.27. The van der Waals surface area contributed by atoms with Crippen LogP contribution in [0.2, 0.25) is 0 Å². The molecule has 1 heterocycles. The third-order valence-corrected chi connectivity index (χ3v) is 3.75. The van der Waals surface area contributed by atoms with E-state index in [9.17, 15) is 13.6 Å². The Kier molecular flexibility index (Phi) is 7.05. The molecule has 1 saturated heterocycles. The average Bonchev–Trinajstić information content (AvgIpc) is 2.89. The number of carbonyl (C=O) groups excluding carboxylic acids is 1. The standard InChI is InChI=1S/C15H20F2N2O.ClH/c1-10(13-4-3-12(16)8-14(13)17)19-15(20)5-2-11-6-7-18-9-11;/h3-4,8,10-11,18H,2,5-7,9H2,1H3,(H,19,20);1H. The molecule has 0 bridgehead atoms. The zero-order valence-corrected chi connectivity index (χ0v) is 12.8. The van der Waals surface area contributed by atoms with Crippen LogP contribution in [0.1, 0.15) is 37.8 Å². The van der Waals surface area contributed by atoms with Crippen molar-refractivity contribution < 1.29 is 13.6 Å². The Bertz CT molecular complexity index is 479. The fraction of sp³-hybridized carbons (Fsp3) is 0.533. The van der Waals surface area contributed by atoms with Crippen molar-refractivity contribution in [2.45, 2.75) is 32.2 Å². The zero-order valence-electron chi connectivity index (χ0n) is 12.0. The molecule has 1 amide bonds. The van der Waals surface area contributed by atoms with Crippen LogP contribution >= 0.6 is 12.4 Å². The number of hydrogen-bond donors (Lipinski definition) is 2. The molecule has 0 aliphatic carbocycles. The maximum Gasteiger partial charge on any atom is 0.220 e. The van der Waals surface area contributed by atoms with Crippen LogP contribution < -0.4 is 10.6 Å². The number of rotatable bonds is 5. The van der Waals surface area contributed by atoms with Gasteiger partial charge in [0.05, 0.1) is 6.04 Å². The van der Waals surface area contributed by atoms with E-state index in [0.717, 1.165) is 32.0 Å². The highest BCUT2D eigenvalue weighted by atomic mass is 35.5. The predicted molar refractivity (Wildman–Crippen MR) is 80.4 cm³/mol. The van der Waals surface area contributed by atoms with Crippen LogP contribution in [0.5, 0.6) is 0 Å². The van der Waals surface area contributed by atoms with Gasteiger partial charge in [-0.15, -0.1) is 12.4 Å². The van der Waals surface area contributed by atoms with Gasteiger partial charge in [-0.1, -0.05) is 6.07 Å². The summed E-state index contributed by atoms with van der Waals surface area (Å²) in [5.41, 5.74) is 0.308. The minimum atomic E-state index is -0.627. The molecule has 118 valence electrons. The summed E-state index contributed by atoms with van der Waals surface area (Å²) in [6, 6.07) is 2.95. The van der Waals surface area contributed by atoms with Gasteiger partial charge in [-0.05, 0) is 44.8 Å². The first-order chi connectivity index (χ1) is 9.56. The first kappa shape index (κ1) is 17.9. The lowest BCUT2D eigenvalue weighted by molar-refractivity contribution is -0.122. The second-order valence-electron chi connectivity index (χ2n) is 5.35. The number of carbonyl (C=O) groups is 1. The Morgan fingerprint density at radius 1 is 1.48 bits per heavy atom. The third-order valence-electron chi connectivity index (χ3n) is 3.75. The summed E-state index contributed by atoms with van der Waals surface area (Å²) in [6.45, 7) is 3.68. The second kappa shape index (κ2) is 8.29. The largest absolute Gasteiger partial charge is 0.349 e. The van der Waals surface area contributed by atoms with Gasteiger partial charge in [0.15, 0.2) is 0 Å². The minimum absolute atomic E-state index is 0. The second-order valence-corrected chi connectivity index (χ2v) is 5.35. The molecule has 1 aromatic rings. The fourth-order valence-corrected chi connectivity index (χ4v) is 2.54. The molecule has 0 aromatic heterocycles. The fourth-order valence-electron chi connectivity index (χ4n) is 2.54. The Morgan fingerprint density at radius 2 is 2.24 bits per heavy atom. The maximum atomic E-state index is 13.6. The van der Waals surface area contributed by atoms with Crippen molar-refractivity contribution in [1.29, 1.82) is 0 Å². The van der Waals surface area contributed by atoms with E-state index >= 15 is 0 Å². The predicted octanol–water partition coefficient (Wildman–Crippen LogP) is 2.95. The molecule has 1 fully saturated rings. The van der Waals surface area contributed by atoms with Crippen molar-refractivity contribution >= 4 is 18.3 Å². The third kappa shape index (κ3) is 5.25. The Labute approximate surface area is 129 Å². The van der Waals surface area contributed by atoms with Gasteiger partial charge in [-0.3, -0.25) is 4.79 Å². The summed E-state index contributed by atoms with van der Waals surface area (Å²) < 4.78 is 26.4. The van der Waals surface area contributed by atoms with Crippen molar-refractivity contribution in [3.8, 4) is 0 Å². The van der Waals surface area contributed by atoms with E-state index in [4.69, 9.17) is 0 Å². The van der Waals surface area contributed by atoms with Gasteiger partial charge < -0.3 is 10.6 Å². The molecule has 2 N–H and O–H groups in total. The lowest BCUT2D eigenvalue weighted by Gasteiger charge is -2.16. The van der Waals surface area contributed by atoms with Crippen molar-refractivity contribution in [1.82, 2.24) is 10.6 Å².